The molecule has 2 rings (SSSR count). The topological polar surface area (TPSA) is 19.0 Å². The SMILES string of the molecule is CC(C)N1CCC(OCCN2CCN(C(C)C)CC2)CC1. The summed E-state index contributed by atoms with van der Waals surface area (Å²) >= 11 is 0. The lowest BCUT2D eigenvalue weighted by Gasteiger charge is -2.37. The van der Waals surface area contributed by atoms with Crippen LogP contribution in [0.25, 0.3) is 0 Å². The first-order valence-corrected chi connectivity index (χ1v) is 8.88. The van der Waals surface area contributed by atoms with E-state index in [0.29, 0.717) is 18.2 Å². The van der Waals surface area contributed by atoms with Gasteiger partial charge in [-0.3, -0.25) is 9.80 Å². The van der Waals surface area contributed by atoms with Crippen LogP contribution in [0, 0.1) is 0 Å². The second-order valence-electron chi connectivity index (χ2n) is 7.17. The lowest BCUT2D eigenvalue weighted by molar-refractivity contribution is -0.0121. The molecule has 0 atom stereocenters. The van der Waals surface area contributed by atoms with Gasteiger partial charge in [0.15, 0.2) is 0 Å². The van der Waals surface area contributed by atoms with E-state index in [1.54, 1.807) is 0 Å². The maximum Gasteiger partial charge on any atom is 0.0600 e. The minimum Gasteiger partial charge on any atom is -0.377 e. The molecule has 0 amide bonds. The van der Waals surface area contributed by atoms with Gasteiger partial charge in [-0.05, 0) is 40.5 Å². The molecule has 0 aromatic rings. The molecule has 0 unspecified atom stereocenters. The standard InChI is InChI=1S/C17H35N3O/c1-15(2)19-7-5-17(6-8-19)21-14-13-18-9-11-20(12-10-18)16(3)4/h15-17H,5-14H2,1-4H3. The average molecular weight is 297 g/mol. The van der Waals surface area contributed by atoms with Gasteiger partial charge in [-0.1, -0.05) is 0 Å². The minimum absolute atomic E-state index is 0.497. The first-order chi connectivity index (χ1) is 10.1. The molecule has 0 aromatic carbocycles. The zero-order chi connectivity index (χ0) is 15.2. The second-order valence-corrected chi connectivity index (χ2v) is 7.17. The predicted molar refractivity (Wildman–Crippen MR) is 88.8 cm³/mol. The summed E-state index contributed by atoms with van der Waals surface area (Å²) in [7, 11) is 0. The smallest absolute Gasteiger partial charge is 0.0600 e. The van der Waals surface area contributed by atoms with Crippen LogP contribution >= 0.6 is 0 Å². The van der Waals surface area contributed by atoms with Gasteiger partial charge in [0.1, 0.15) is 0 Å². The van der Waals surface area contributed by atoms with Gasteiger partial charge < -0.3 is 9.64 Å². The predicted octanol–water partition coefficient (Wildman–Crippen LogP) is 1.90. The maximum atomic E-state index is 6.11. The molecule has 2 aliphatic rings. The molecular weight excluding hydrogens is 262 g/mol. The van der Waals surface area contributed by atoms with E-state index in [4.69, 9.17) is 4.74 Å². The van der Waals surface area contributed by atoms with Gasteiger partial charge >= 0.3 is 0 Å². The molecule has 124 valence electrons. The van der Waals surface area contributed by atoms with Crippen LogP contribution in [-0.2, 0) is 4.74 Å². The molecule has 0 N–H and O–H groups in total. The Morgan fingerprint density at radius 2 is 1.33 bits per heavy atom. The van der Waals surface area contributed by atoms with Gasteiger partial charge in [0.2, 0.25) is 0 Å². The summed E-state index contributed by atoms with van der Waals surface area (Å²) < 4.78 is 6.11. The Bertz CT molecular complexity index is 252. The quantitative estimate of drug-likeness (QED) is 0.745. The fourth-order valence-electron chi connectivity index (χ4n) is 3.41. The van der Waals surface area contributed by atoms with Crippen LogP contribution in [0.5, 0.6) is 0 Å². The van der Waals surface area contributed by atoms with Gasteiger partial charge in [0, 0.05) is 57.9 Å². The number of likely N-dealkylation sites (tertiary alicyclic amines) is 1. The molecule has 4 nitrogen and oxygen atoms in total. The monoisotopic (exact) mass is 297 g/mol. The summed E-state index contributed by atoms with van der Waals surface area (Å²) in [5, 5.41) is 0. The van der Waals surface area contributed by atoms with Gasteiger partial charge in [0.25, 0.3) is 0 Å². The van der Waals surface area contributed by atoms with Crippen LogP contribution in [0.3, 0.4) is 0 Å². The van der Waals surface area contributed by atoms with Crippen LogP contribution in [0.2, 0.25) is 0 Å². The van der Waals surface area contributed by atoms with E-state index in [2.05, 4.69) is 42.4 Å². The maximum absolute atomic E-state index is 6.11. The van der Waals surface area contributed by atoms with Crippen molar-refractivity contribution in [2.45, 2.75) is 58.7 Å². The molecule has 2 aliphatic heterocycles. The highest BCUT2D eigenvalue weighted by atomic mass is 16.5. The van der Waals surface area contributed by atoms with Crippen molar-refractivity contribution in [1.29, 1.82) is 0 Å². The largest absolute Gasteiger partial charge is 0.377 e. The summed E-state index contributed by atoms with van der Waals surface area (Å²) in [6, 6.07) is 1.37. The molecular formula is C17H35N3O. The van der Waals surface area contributed by atoms with Gasteiger partial charge in [-0.15, -0.1) is 0 Å². The number of hydrogen-bond acceptors (Lipinski definition) is 4. The molecule has 0 radical (unpaired) electrons. The Hall–Kier alpha value is -0.160. The van der Waals surface area contributed by atoms with Crippen LogP contribution in [0.1, 0.15) is 40.5 Å². The van der Waals surface area contributed by atoms with E-state index < -0.39 is 0 Å². The third-order valence-electron chi connectivity index (χ3n) is 5.11. The molecule has 4 heteroatoms. The number of hydrogen-bond donors (Lipinski definition) is 0. The second kappa shape index (κ2) is 8.47. The highest BCUT2D eigenvalue weighted by Gasteiger charge is 2.22. The Morgan fingerprint density at radius 3 is 1.86 bits per heavy atom. The number of rotatable bonds is 6. The Morgan fingerprint density at radius 1 is 0.810 bits per heavy atom. The summed E-state index contributed by atoms with van der Waals surface area (Å²) in [5.74, 6) is 0. The van der Waals surface area contributed by atoms with Crippen LogP contribution in [0.4, 0.5) is 0 Å². The Balaban J connectivity index is 1.55. The first-order valence-electron chi connectivity index (χ1n) is 8.88. The molecule has 2 fully saturated rings. The fraction of sp³-hybridized carbons (Fsp3) is 1.00. The molecule has 0 aromatic heterocycles. The van der Waals surface area contributed by atoms with E-state index in [1.165, 1.54) is 52.1 Å². The van der Waals surface area contributed by atoms with E-state index in [-0.39, 0.29) is 0 Å². The fourth-order valence-corrected chi connectivity index (χ4v) is 3.41. The summed E-state index contributed by atoms with van der Waals surface area (Å²) in [5.41, 5.74) is 0. The molecule has 0 spiro atoms. The molecule has 0 bridgehead atoms. The van der Waals surface area contributed by atoms with Gasteiger partial charge in [-0.2, -0.15) is 0 Å². The molecule has 2 saturated heterocycles. The Labute approximate surface area is 131 Å². The molecule has 0 saturated carbocycles. The Kier molecular flexibility index (Phi) is 6.93. The lowest BCUT2D eigenvalue weighted by Crippen LogP contribution is -2.49. The highest BCUT2D eigenvalue weighted by Crippen LogP contribution is 2.15. The van der Waals surface area contributed by atoms with Crippen LogP contribution in [0.15, 0.2) is 0 Å². The van der Waals surface area contributed by atoms with E-state index >= 15 is 0 Å². The zero-order valence-corrected chi connectivity index (χ0v) is 14.6. The van der Waals surface area contributed by atoms with Crippen molar-refractivity contribution in [1.82, 2.24) is 14.7 Å². The van der Waals surface area contributed by atoms with Crippen molar-refractivity contribution in [3.63, 3.8) is 0 Å². The molecule has 2 heterocycles. The van der Waals surface area contributed by atoms with Crippen molar-refractivity contribution in [2.24, 2.45) is 0 Å². The highest BCUT2D eigenvalue weighted by molar-refractivity contribution is 4.76. The van der Waals surface area contributed by atoms with Crippen molar-refractivity contribution in [2.75, 3.05) is 52.4 Å². The van der Waals surface area contributed by atoms with Crippen molar-refractivity contribution in [3.8, 4) is 0 Å². The number of piperazine rings is 1. The summed E-state index contributed by atoms with van der Waals surface area (Å²) in [6.45, 7) is 18.4. The molecule has 21 heavy (non-hydrogen) atoms. The van der Waals surface area contributed by atoms with Crippen molar-refractivity contribution < 1.29 is 4.74 Å². The number of ether oxygens (including phenoxy) is 1. The lowest BCUT2D eigenvalue weighted by atomic mass is 10.1. The minimum atomic E-state index is 0.497. The summed E-state index contributed by atoms with van der Waals surface area (Å²) in [4.78, 5) is 7.69. The normalized spacial score (nSPS) is 24.3. The summed E-state index contributed by atoms with van der Waals surface area (Å²) in [6.07, 6.45) is 2.91. The van der Waals surface area contributed by atoms with Gasteiger partial charge in [-0.25, -0.2) is 0 Å². The zero-order valence-electron chi connectivity index (χ0n) is 14.6. The average Bonchev–Trinajstić information content (AvgIpc) is 2.48. The van der Waals surface area contributed by atoms with Crippen LogP contribution < -0.4 is 0 Å². The van der Waals surface area contributed by atoms with E-state index in [0.717, 1.165) is 13.2 Å². The van der Waals surface area contributed by atoms with Crippen LogP contribution in [-0.4, -0.2) is 85.3 Å². The number of piperidine rings is 1. The third kappa shape index (κ3) is 5.51. The molecule has 0 aliphatic carbocycles. The van der Waals surface area contributed by atoms with Crippen molar-refractivity contribution in [3.05, 3.63) is 0 Å². The number of nitrogens with zero attached hydrogens (tertiary/aromatic N) is 3. The first kappa shape index (κ1) is 17.2. The van der Waals surface area contributed by atoms with Gasteiger partial charge in [0.05, 0.1) is 12.7 Å². The van der Waals surface area contributed by atoms with Crippen molar-refractivity contribution >= 4 is 0 Å². The van der Waals surface area contributed by atoms with E-state index in [1.807, 2.05) is 0 Å². The van der Waals surface area contributed by atoms with E-state index in [9.17, 15) is 0 Å². The third-order valence-corrected chi connectivity index (χ3v) is 5.11.